The van der Waals surface area contributed by atoms with Gasteiger partial charge in [-0.3, -0.25) is 4.79 Å². The Bertz CT molecular complexity index is 517. The summed E-state index contributed by atoms with van der Waals surface area (Å²) in [7, 11) is 0. The van der Waals surface area contributed by atoms with Crippen molar-refractivity contribution in [1.82, 2.24) is 0 Å². The molecule has 0 spiro atoms. The fourth-order valence-electron chi connectivity index (χ4n) is 1.54. The second-order valence-corrected chi connectivity index (χ2v) is 3.83. The first kappa shape index (κ1) is 14.8. The maximum Gasteiger partial charge on any atom is 0.333 e. The zero-order valence-electron chi connectivity index (χ0n) is 10.8. The van der Waals surface area contributed by atoms with Crippen molar-refractivity contribution in [2.75, 3.05) is 6.61 Å². The minimum atomic E-state index is -0.469. The van der Waals surface area contributed by atoms with E-state index in [1.54, 1.807) is 13.8 Å². The Labute approximate surface area is 111 Å². The number of phenolic OH excluding ortho intramolecular Hbond substituents is 2. The lowest BCUT2D eigenvalue weighted by molar-refractivity contribution is -0.138. The predicted molar refractivity (Wildman–Crippen MR) is 70.1 cm³/mol. The van der Waals surface area contributed by atoms with Crippen molar-refractivity contribution < 1.29 is 24.5 Å². The zero-order valence-corrected chi connectivity index (χ0v) is 10.8. The number of rotatable bonds is 5. The molecule has 102 valence electrons. The molecule has 1 aromatic rings. The molecule has 1 aromatic carbocycles. The van der Waals surface area contributed by atoms with Crippen LogP contribution in [0.1, 0.15) is 36.2 Å². The van der Waals surface area contributed by atoms with Gasteiger partial charge in [-0.2, -0.15) is 0 Å². The predicted octanol–water partition coefficient (Wildman–Crippen LogP) is 2.27. The van der Waals surface area contributed by atoms with Crippen LogP contribution in [0.15, 0.2) is 17.7 Å². The Morgan fingerprint density at radius 1 is 1.21 bits per heavy atom. The van der Waals surface area contributed by atoms with Crippen molar-refractivity contribution in [1.29, 1.82) is 0 Å². The smallest absolute Gasteiger partial charge is 0.333 e. The van der Waals surface area contributed by atoms with Gasteiger partial charge in [-0.05, 0) is 31.6 Å². The Morgan fingerprint density at radius 2 is 1.79 bits per heavy atom. The Balaban J connectivity index is 3.18. The number of aldehydes is 1. The van der Waals surface area contributed by atoms with Crippen LogP contribution in [-0.4, -0.2) is 29.1 Å². The molecule has 0 amide bonds. The van der Waals surface area contributed by atoms with E-state index in [1.165, 1.54) is 12.1 Å². The SMILES string of the molecule is CCOC(=O)/C(=C/c1cc(O)c(C=O)cc1O)CC. The van der Waals surface area contributed by atoms with Gasteiger partial charge in [-0.25, -0.2) is 4.79 Å². The number of phenols is 2. The number of hydrogen-bond donors (Lipinski definition) is 2. The number of benzene rings is 1. The minimum Gasteiger partial charge on any atom is -0.507 e. The Hall–Kier alpha value is -2.30. The summed E-state index contributed by atoms with van der Waals surface area (Å²) in [4.78, 5) is 22.2. The molecule has 5 heteroatoms. The number of carbonyl (C=O) groups is 2. The minimum absolute atomic E-state index is 0.0103. The van der Waals surface area contributed by atoms with Gasteiger partial charge in [0, 0.05) is 11.1 Å². The largest absolute Gasteiger partial charge is 0.507 e. The molecular weight excluding hydrogens is 248 g/mol. The van der Waals surface area contributed by atoms with Crippen LogP contribution in [0.25, 0.3) is 6.08 Å². The van der Waals surface area contributed by atoms with Crippen LogP contribution in [0.4, 0.5) is 0 Å². The van der Waals surface area contributed by atoms with E-state index in [1.807, 2.05) is 0 Å². The second-order valence-electron chi connectivity index (χ2n) is 3.83. The molecule has 0 unspecified atom stereocenters. The van der Waals surface area contributed by atoms with Crippen molar-refractivity contribution in [2.24, 2.45) is 0 Å². The third kappa shape index (κ3) is 3.58. The summed E-state index contributed by atoms with van der Waals surface area (Å²) in [5.74, 6) is -0.906. The zero-order chi connectivity index (χ0) is 14.4. The van der Waals surface area contributed by atoms with E-state index in [2.05, 4.69) is 0 Å². The van der Waals surface area contributed by atoms with E-state index in [9.17, 15) is 19.8 Å². The van der Waals surface area contributed by atoms with E-state index in [4.69, 9.17) is 4.74 Å². The van der Waals surface area contributed by atoms with Crippen molar-refractivity contribution in [3.63, 3.8) is 0 Å². The molecule has 0 heterocycles. The first-order valence-corrected chi connectivity index (χ1v) is 5.92. The van der Waals surface area contributed by atoms with E-state index in [0.29, 0.717) is 18.3 Å². The molecule has 0 radical (unpaired) electrons. The highest BCUT2D eigenvalue weighted by molar-refractivity contribution is 5.94. The standard InChI is InChI=1S/C14H16O5/c1-3-9(14(18)19-4-2)5-10-6-13(17)11(8-15)7-12(10)16/h5-8,16-17H,3-4H2,1-2H3/b9-5+. The molecule has 0 saturated carbocycles. The topological polar surface area (TPSA) is 83.8 Å². The molecular formula is C14H16O5. The highest BCUT2D eigenvalue weighted by Crippen LogP contribution is 2.28. The highest BCUT2D eigenvalue weighted by Gasteiger charge is 2.12. The molecule has 0 atom stereocenters. The first-order valence-electron chi connectivity index (χ1n) is 5.92. The van der Waals surface area contributed by atoms with Crippen molar-refractivity contribution >= 4 is 18.3 Å². The lowest BCUT2D eigenvalue weighted by Crippen LogP contribution is -2.06. The fourth-order valence-corrected chi connectivity index (χ4v) is 1.54. The van der Waals surface area contributed by atoms with E-state index in [-0.39, 0.29) is 29.2 Å². The fraction of sp³-hybridized carbons (Fsp3) is 0.286. The summed E-state index contributed by atoms with van der Waals surface area (Å²) in [6, 6.07) is 2.38. The van der Waals surface area contributed by atoms with Crippen LogP contribution in [0.2, 0.25) is 0 Å². The molecule has 0 aliphatic carbocycles. The van der Waals surface area contributed by atoms with Gasteiger partial charge < -0.3 is 14.9 Å². The maximum absolute atomic E-state index is 11.6. The maximum atomic E-state index is 11.6. The van der Waals surface area contributed by atoms with Crippen LogP contribution in [-0.2, 0) is 9.53 Å². The highest BCUT2D eigenvalue weighted by atomic mass is 16.5. The van der Waals surface area contributed by atoms with Crippen LogP contribution < -0.4 is 0 Å². The lowest BCUT2D eigenvalue weighted by Gasteiger charge is -2.07. The van der Waals surface area contributed by atoms with Crippen molar-refractivity contribution in [2.45, 2.75) is 20.3 Å². The Kier molecular flexibility index (Phi) is 5.11. The summed E-state index contributed by atoms with van der Waals surface area (Å²) in [5, 5.41) is 19.3. The van der Waals surface area contributed by atoms with Gasteiger partial charge in [0.15, 0.2) is 6.29 Å². The van der Waals surface area contributed by atoms with Gasteiger partial charge in [-0.15, -0.1) is 0 Å². The van der Waals surface area contributed by atoms with Gasteiger partial charge in [0.05, 0.1) is 12.2 Å². The average Bonchev–Trinajstić information content (AvgIpc) is 2.39. The summed E-state index contributed by atoms with van der Waals surface area (Å²) < 4.78 is 4.87. The molecule has 0 bridgehead atoms. The average molecular weight is 264 g/mol. The summed E-state index contributed by atoms with van der Waals surface area (Å²) >= 11 is 0. The molecule has 0 aromatic heterocycles. The van der Waals surface area contributed by atoms with Gasteiger partial charge in [-0.1, -0.05) is 6.92 Å². The molecule has 0 aliphatic heterocycles. The lowest BCUT2D eigenvalue weighted by atomic mass is 10.1. The van der Waals surface area contributed by atoms with Crippen LogP contribution >= 0.6 is 0 Å². The van der Waals surface area contributed by atoms with Crippen LogP contribution in [0.3, 0.4) is 0 Å². The number of ether oxygens (including phenoxy) is 1. The molecule has 5 nitrogen and oxygen atoms in total. The molecule has 0 aliphatic rings. The number of carbonyl (C=O) groups excluding carboxylic acids is 2. The molecule has 19 heavy (non-hydrogen) atoms. The second kappa shape index (κ2) is 6.58. The quantitative estimate of drug-likeness (QED) is 0.369. The molecule has 1 rings (SSSR count). The summed E-state index contributed by atoms with van der Waals surface area (Å²) in [6.45, 7) is 3.74. The van der Waals surface area contributed by atoms with Gasteiger partial charge >= 0.3 is 5.97 Å². The molecule has 0 saturated heterocycles. The van der Waals surface area contributed by atoms with E-state index in [0.717, 1.165) is 6.07 Å². The number of aromatic hydroxyl groups is 2. The van der Waals surface area contributed by atoms with Gasteiger partial charge in [0.2, 0.25) is 0 Å². The summed E-state index contributed by atoms with van der Waals surface area (Å²) in [5.41, 5.74) is 0.618. The first-order chi connectivity index (χ1) is 9.03. The van der Waals surface area contributed by atoms with E-state index >= 15 is 0 Å². The number of esters is 1. The van der Waals surface area contributed by atoms with E-state index < -0.39 is 5.97 Å². The van der Waals surface area contributed by atoms with Crippen LogP contribution in [0, 0.1) is 0 Å². The van der Waals surface area contributed by atoms with Gasteiger partial charge in [0.25, 0.3) is 0 Å². The molecule has 2 N–H and O–H groups in total. The van der Waals surface area contributed by atoms with Crippen molar-refractivity contribution in [3.8, 4) is 11.5 Å². The monoisotopic (exact) mass is 264 g/mol. The normalized spacial score (nSPS) is 11.2. The third-order valence-electron chi connectivity index (χ3n) is 2.55. The van der Waals surface area contributed by atoms with Crippen LogP contribution in [0.5, 0.6) is 11.5 Å². The van der Waals surface area contributed by atoms with Gasteiger partial charge in [0.1, 0.15) is 11.5 Å². The van der Waals surface area contributed by atoms with Crippen molar-refractivity contribution in [3.05, 3.63) is 28.8 Å². The third-order valence-corrected chi connectivity index (χ3v) is 2.55. The molecule has 0 fully saturated rings. The Morgan fingerprint density at radius 3 is 2.32 bits per heavy atom. The summed E-state index contributed by atoms with van der Waals surface area (Å²) in [6.07, 6.45) is 2.30. The number of hydrogen-bond acceptors (Lipinski definition) is 5.